The lowest BCUT2D eigenvalue weighted by atomic mass is 10.1. The summed E-state index contributed by atoms with van der Waals surface area (Å²) in [5.74, 6) is 0.110. The molecule has 1 amide bonds. The molecule has 0 aromatic carbocycles. The highest BCUT2D eigenvalue weighted by molar-refractivity contribution is 5.78. The van der Waals surface area contributed by atoms with Gasteiger partial charge in [0.15, 0.2) is 0 Å². The second-order valence-corrected chi connectivity index (χ2v) is 5.55. The summed E-state index contributed by atoms with van der Waals surface area (Å²) < 4.78 is 1.99. The van der Waals surface area contributed by atoms with Gasteiger partial charge in [0.2, 0.25) is 5.91 Å². The van der Waals surface area contributed by atoms with E-state index in [1.807, 2.05) is 10.8 Å². The van der Waals surface area contributed by atoms with Crippen LogP contribution in [-0.4, -0.2) is 44.5 Å². The zero-order valence-corrected chi connectivity index (χ0v) is 12.0. The van der Waals surface area contributed by atoms with E-state index in [2.05, 4.69) is 18.8 Å². The van der Waals surface area contributed by atoms with E-state index in [0.717, 1.165) is 5.82 Å². The molecule has 2 rings (SSSR count). The SMILES string of the molecule is CC(C)c1nccn1CCC(=O)N1CC[C@@H](C(=O)O)C1. The minimum atomic E-state index is -0.808. The van der Waals surface area contributed by atoms with Gasteiger partial charge in [0.1, 0.15) is 5.82 Å². The highest BCUT2D eigenvalue weighted by Crippen LogP contribution is 2.18. The fourth-order valence-corrected chi connectivity index (χ4v) is 2.57. The van der Waals surface area contributed by atoms with Crippen LogP contribution < -0.4 is 0 Å². The number of aromatic nitrogens is 2. The first-order valence-electron chi connectivity index (χ1n) is 7.00. The molecule has 1 fully saturated rings. The van der Waals surface area contributed by atoms with Crippen LogP contribution in [0.15, 0.2) is 12.4 Å². The molecule has 2 heterocycles. The van der Waals surface area contributed by atoms with Crippen LogP contribution in [0.4, 0.5) is 0 Å². The first-order valence-corrected chi connectivity index (χ1v) is 7.00. The molecule has 1 atom stereocenters. The minimum Gasteiger partial charge on any atom is -0.481 e. The van der Waals surface area contributed by atoms with Gasteiger partial charge < -0.3 is 14.6 Å². The van der Waals surface area contributed by atoms with Gasteiger partial charge in [-0.15, -0.1) is 0 Å². The van der Waals surface area contributed by atoms with Crippen LogP contribution in [0.3, 0.4) is 0 Å². The third-order valence-electron chi connectivity index (χ3n) is 3.72. The molecule has 0 saturated carbocycles. The number of hydrogen-bond acceptors (Lipinski definition) is 3. The van der Waals surface area contributed by atoms with Gasteiger partial charge in [-0.3, -0.25) is 9.59 Å². The number of likely N-dealkylation sites (tertiary alicyclic amines) is 1. The van der Waals surface area contributed by atoms with Crippen molar-refractivity contribution in [3.8, 4) is 0 Å². The van der Waals surface area contributed by atoms with Crippen LogP contribution in [0.2, 0.25) is 0 Å². The van der Waals surface area contributed by atoms with Gasteiger partial charge in [-0.05, 0) is 6.42 Å². The lowest BCUT2D eigenvalue weighted by Crippen LogP contribution is -2.30. The number of aliphatic carboxylic acids is 1. The number of carboxylic acid groups (broad SMARTS) is 1. The van der Waals surface area contributed by atoms with Crippen LogP contribution >= 0.6 is 0 Å². The third kappa shape index (κ3) is 3.18. The maximum absolute atomic E-state index is 12.1. The summed E-state index contributed by atoms with van der Waals surface area (Å²) in [5.41, 5.74) is 0. The predicted molar refractivity (Wildman–Crippen MR) is 73.3 cm³/mol. The fraction of sp³-hybridized carbons (Fsp3) is 0.643. The Hall–Kier alpha value is -1.85. The summed E-state index contributed by atoms with van der Waals surface area (Å²) >= 11 is 0. The molecule has 6 nitrogen and oxygen atoms in total. The van der Waals surface area contributed by atoms with Gasteiger partial charge in [0, 0.05) is 44.4 Å². The van der Waals surface area contributed by atoms with Gasteiger partial charge in [0.25, 0.3) is 0 Å². The number of carbonyl (C=O) groups is 2. The number of nitrogens with zero attached hydrogens (tertiary/aromatic N) is 3. The van der Waals surface area contributed by atoms with Crippen LogP contribution in [0.1, 0.15) is 38.4 Å². The third-order valence-corrected chi connectivity index (χ3v) is 3.72. The standard InChI is InChI=1S/C14H21N3O3/c1-10(2)13-15-5-8-16(13)7-4-12(18)17-6-3-11(9-17)14(19)20/h5,8,10-11H,3-4,6-7,9H2,1-2H3,(H,19,20)/t11-/m1/s1. The van der Waals surface area contributed by atoms with Gasteiger partial charge in [-0.2, -0.15) is 0 Å². The quantitative estimate of drug-likeness (QED) is 0.882. The Kier molecular flexibility index (Phi) is 4.42. The van der Waals surface area contributed by atoms with E-state index >= 15 is 0 Å². The number of imidazole rings is 1. The van der Waals surface area contributed by atoms with Gasteiger partial charge in [-0.1, -0.05) is 13.8 Å². The summed E-state index contributed by atoms with van der Waals surface area (Å²) in [6.07, 6.45) is 4.58. The normalized spacial score (nSPS) is 18.8. The average molecular weight is 279 g/mol. The molecule has 1 aliphatic rings. The Bertz CT molecular complexity index is 496. The zero-order chi connectivity index (χ0) is 14.7. The van der Waals surface area contributed by atoms with Crippen LogP contribution in [-0.2, 0) is 16.1 Å². The van der Waals surface area contributed by atoms with Crippen molar-refractivity contribution in [3.05, 3.63) is 18.2 Å². The van der Waals surface area contributed by atoms with Crippen LogP contribution in [0.25, 0.3) is 0 Å². The molecule has 1 aromatic heterocycles. The lowest BCUT2D eigenvalue weighted by Gasteiger charge is -2.17. The number of aryl methyl sites for hydroxylation is 1. The van der Waals surface area contributed by atoms with Crippen LogP contribution in [0.5, 0.6) is 0 Å². The highest BCUT2D eigenvalue weighted by Gasteiger charge is 2.30. The molecule has 1 aromatic rings. The summed E-state index contributed by atoms with van der Waals surface area (Å²) in [6, 6.07) is 0. The summed E-state index contributed by atoms with van der Waals surface area (Å²) in [7, 11) is 0. The molecular formula is C14H21N3O3. The number of rotatable bonds is 5. The van der Waals surface area contributed by atoms with Gasteiger partial charge in [0.05, 0.1) is 5.92 Å². The fourth-order valence-electron chi connectivity index (χ4n) is 2.57. The Labute approximate surface area is 118 Å². The van der Waals surface area contributed by atoms with Crippen molar-refractivity contribution in [2.45, 2.75) is 39.2 Å². The molecule has 0 spiro atoms. The Balaban J connectivity index is 1.87. The number of amides is 1. The molecule has 0 radical (unpaired) electrons. The van der Waals surface area contributed by atoms with Crippen LogP contribution in [0, 0.1) is 5.92 Å². The lowest BCUT2D eigenvalue weighted by molar-refractivity contribution is -0.141. The number of carbonyl (C=O) groups excluding carboxylic acids is 1. The molecule has 110 valence electrons. The molecule has 1 aliphatic heterocycles. The van der Waals surface area contributed by atoms with Gasteiger partial charge in [-0.25, -0.2) is 4.98 Å². The van der Waals surface area contributed by atoms with E-state index in [1.54, 1.807) is 11.1 Å². The van der Waals surface area contributed by atoms with Crippen molar-refractivity contribution in [2.75, 3.05) is 13.1 Å². The smallest absolute Gasteiger partial charge is 0.308 e. The van der Waals surface area contributed by atoms with Crippen molar-refractivity contribution in [1.29, 1.82) is 0 Å². The molecule has 20 heavy (non-hydrogen) atoms. The average Bonchev–Trinajstić information content (AvgIpc) is 3.04. The van der Waals surface area contributed by atoms with Crippen molar-refractivity contribution >= 4 is 11.9 Å². The summed E-state index contributed by atoms with van der Waals surface area (Å²) in [4.78, 5) is 28.9. The van der Waals surface area contributed by atoms with Crippen molar-refractivity contribution in [2.24, 2.45) is 5.92 Å². The Morgan fingerprint density at radius 2 is 2.25 bits per heavy atom. The first kappa shape index (κ1) is 14.6. The maximum Gasteiger partial charge on any atom is 0.308 e. The zero-order valence-electron chi connectivity index (χ0n) is 12.0. The number of carboxylic acids is 1. The molecular weight excluding hydrogens is 258 g/mol. The van der Waals surface area contributed by atoms with Gasteiger partial charge >= 0.3 is 5.97 Å². The number of hydrogen-bond donors (Lipinski definition) is 1. The molecule has 0 aliphatic carbocycles. The monoisotopic (exact) mass is 279 g/mol. The topological polar surface area (TPSA) is 75.4 Å². The van der Waals surface area contributed by atoms with Crippen molar-refractivity contribution < 1.29 is 14.7 Å². The molecule has 1 saturated heterocycles. The largest absolute Gasteiger partial charge is 0.481 e. The summed E-state index contributed by atoms with van der Waals surface area (Å²) in [5, 5.41) is 8.94. The van der Waals surface area contributed by atoms with E-state index in [9.17, 15) is 9.59 Å². The minimum absolute atomic E-state index is 0.0251. The summed E-state index contributed by atoms with van der Waals surface area (Å²) in [6.45, 7) is 5.63. The molecule has 0 bridgehead atoms. The highest BCUT2D eigenvalue weighted by atomic mass is 16.4. The second-order valence-electron chi connectivity index (χ2n) is 5.55. The first-order chi connectivity index (χ1) is 9.49. The second kappa shape index (κ2) is 6.07. The Morgan fingerprint density at radius 1 is 1.50 bits per heavy atom. The van der Waals surface area contributed by atoms with E-state index < -0.39 is 11.9 Å². The molecule has 1 N–H and O–H groups in total. The molecule has 6 heteroatoms. The van der Waals surface area contributed by atoms with E-state index in [-0.39, 0.29) is 5.91 Å². The maximum atomic E-state index is 12.1. The Morgan fingerprint density at radius 3 is 2.85 bits per heavy atom. The van der Waals surface area contributed by atoms with E-state index in [1.165, 1.54) is 0 Å². The van der Waals surface area contributed by atoms with Crippen molar-refractivity contribution in [1.82, 2.24) is 14.5 Å². The van der Waals surface area contributed by atoms with Crippen molar-refractivity contribution in [3.63, 3.8) is 0 Å². The molecule has 0 unspecified atom stereocenters. The van der Waals surface area contributed by atoms with E-state index in [0.29, 0.717) is 38.4 Å². The van der Waals surface area contributed by atoms with E-state index in [4.69, 9.17) is 5.11 Å². The predicted octanol–water partition coefficient (Wildman–Crippen LogP) is 1.33.